The maximum absolute atomic E-state index is 12.5. The van der Waals surface area contributed by atoms with Gasteiger partial charge in [-0.3, -0.25) is 9.59 Å². The van der Waals surface area contributed by atoms with Crippen LogP contribution < -0.4 is 20.3 Å². The molecular weight excluding hydrogens is 370 g/mol. The number of hydrogen-bond acceptors (Lipinski definition) is 4. The minimum Gasteiger partial charge on any atom is -0.493 e. The number of ether oxygens (including phenoxy) is 2. The molecule has 0 fully saturated rings. The molecule has 144 valence electrons. The first kappa shape index (κ1) is 19.1. The number of halogens is 2. The van der Waals surface area contributed by atoms with Gasteiger partial charge >= 0.3 is 6.61 Å². The Bertz CT molecular complexity index is 1040. The van der Waals surface area contributed by atoms with E-state index in [1.807, 2.05) is 30.3 Å². The first-order valence-corrected chi connectivity index (χ1v) is 8.21. The van der Waals surface area contributed by atoms with Crippen LogP contribution in [0.25, 0.3) is 11.3 Å². The Morgan fingerprint density at radius 3 is 2.43 bits per heavy atom. The van der Waals surface area contributed by atoms with Crippen molar-refractivity contribution in [3.63, 3.8) is 0 Å². The summed E-state index contributed by atoms with van der Waals surface area (Å²) in [5.41, 5.74) is 0.853. The second kappa shape index (κ2) is 8.34. The Hall–Kier alpha value is -3.68. The van der Waals surface area contributed by atoms with Gasteiger partial charge in [0.25, 0.3) is 11.5 Å². The first-order valence-electron chi connectivity index (χ1n) is 8.21. The number of carbonyl (C=O) groups excluding carboxylic acids is 1. The summed E-state index contributed by atoms with van der Waals surface area (Å²) in [6.45, 7) is -3.05. The molecule has 0 unspecified atom stereocenters. The number of hydrogen-bond donors (Lipinski definition) is 2. The molecule has 3 aromatic rings. The summed E-state index contributed by atoms with van der Waals surface area (Å²) in [5.74, 6) is -0.832. The summed E-state index contributed by atoms with van der Waals surface area (Å²) < 4.78 is 34.3. The highest BCUT2D eigenvalue weighted by Crippen LogP contribution is 2.31. The maximum Gasteiger partial charge on any atom is 0.387 e. The average Bonchev–Trinajstić information content (AvgIpc) is 2.68. The van der Waals surface area contributed by atoms with Gasteiger partial charge in [0.05, 0.1) is 7.11 Å². The number of carbonyl (C=O) groups is 1. The molecule has 28 heavy (non-hydrogen) atoms. The van der Waals surface area contributed by atoms with E-state index in [4.69, 9.17) is 4.74 Å². The molecule has 0 saturated heterocycles. The lowest BCUT2D eigenvalue weighted by atomic mass is 10.1. The predicted octanol–water partition coefficient (Wildman–Crippen LogP) is 3.90. The SMILES string of the molecule is COc1ccc(NC(=O)c2ccc(-c3ccccc3)[nH]c2=O)cc1OC(F)F. The summed E-state index contributed by atoms with van der Waals surface area (Å²) in [6.07, 6.45) is 0. The van der Waals surface area contributed by atoms with E-state index in [0.717, 1.165) is 5.56 Å². The lowest BCUT2D eigenvalue weighted by molar-refractivity contribution is -0.0511. The number of amides is 1. The number of nitrogens with one attached hydrogen (secondary N) is 2. The largest absolute Gasteiger partial charge is 0.493 e. The van der Waals surface area contributed by atoms with Crippen molar-refractivity contribution in [3.8, 4) is 22.8 Å². The lowest BCUT2D eigenvalue weighted by Crippen LogP contribution is -2.23. The molecule has 0 radical (unpaired) electrons. The van der Waals surface area contributed by atoms with E-state index in [-0.39, 0.29) is 22.7 Å². The Morgan fingerprint density at radius 2 is 1.79 bits per heavy atom. The van der Waals surface area contributed by atoms with Crippen LogP contribution in [0, 0.1) is 0 Å². The van der Waals surface area contributed by atoms with E-state index in [1.54, 1.807) is 6.07 Å². The number of aromatic nitrogens is 1. The number of alkyl halides is 2. The fourth-order valence-electron chi connectivity index (χ4n) is 2.58. The second-order valence-electron chi connectivity index (χ2n) is 5.68. The van der Waals surface area contributed by atoms with Crippen molar-refractivity contribution in [2.45, 2.75) is 6.61 Å². The minimum absolute atomic E-state index is 0.0864. The quantitative estimate of drug-likeness (QED) is 0.673. The van der Waals surface area contributed by atoms with Crippen molar-refractivity contribution in [2.24, 2.45) is 0 Å². The van der Waals surface area contributed by atoms with Gasteiger partial charge in [-0.1, -0.05) is 30.3 Å². The molecule has 8 heteroatoms. The molecule has 1 amide bonds. The van der Waals surface area contributed by atoms with Crippen molar-refractivity contribution in [1.29, 1.82) is 0 Å². The smallest absolute Gasteiger partial charge is 0.387 e. The lowest BCUT2D eigenvalue weighted by Gasteiger charge is -2.12. The molecule has 0 aliphatic carbocycles. The summed E-state index contributed by atoms with van der Waals surface area (Å²) in [4.78, 5) is 27.4. The fourth-order valence-corrected chi connectivity index (χ4v) is 2.58. The summed E-state index contributed by atoms with van der Waals surface area (Å²) >= 11 is 0. The maximum atomic E-state index is 12.5. The number of rotatable bonds is 6. The topological polar surface area (TPSA) is 80.4 Å². The molecule has 0 spiro atoms. The molecule has 6 nitrogen and oxygen atoms in total. The molecule has 0 aliphatic heterocycles. The van der Waals surface area contributed by atoms with Crippen LogP contribution in [-0.2, 0) is 0 Å². The van der Waals surface area contributed by atoms with E-state index < -0.39 is 18.1 Å². The van der Waals surface area contributed by atoms with Crippen molar-refractivity contribution in [1.82, 2.24) is 4.98 Å². The van der Waals surface area contributed by atoms with Crippen LogP contribution in [0.5, 0.6) is 11.5 Å². The van der Waals surface area contributed by atoms with Gasteiger partial charge in [0.2, 0.25) is 0 Å². The highest BCUT2D eigenvalue weighted by molar-refractivity contribution is 6.04. The van der Waals surface area contributed by atoms with Gasteiger partial charge in [-0.2, -0.15) is 8.78 Å². The average molecular weight is 386 g/mol. The molecular formula is C20H16F2N2O4. The molecule has 2 N–H and O–H groups in total. The summed E-state index contributed by atoms with van der Waals surface area (Å²) in [7, 11) is 1.31. The van der Waals surface area contributed by atoms with E-state index in [0.29, 0.717) is 5.69 Å². The first-order chi connectivity index (χ1) is 13.5. The molecule has 1 aromatic heterocycles. The fraction of sp³-hybridized carbons (Fsp3) is 0.100. The third-order valence-electron chi connectivity index (χ3n) is 3.88. The molecule has 2 aromatic carbocycles. The van der Waals surface area contributed by atoms with E-state index in [9.17, 15) is 18.4 Å². The molecule has 3 rings (SSSR count). The number of methoxy groups -OCH3 is 1. The predicted molar refractivity (Wildman–Crippen MR) is 100 cm³/mol. The normalized spacial score (nSPS) is 10.6. The number of anilines is 1. The standard InChI is InChI=1S/C20H16F2N2O4/c1-27-16-10-7-13(11-17(16)28-20(21)22)23-18(25)14-8-9-15(24-19(14)26)12-5-3-2-4-6-12/h2-11,20H,1H3,(H,23,25)(H,24,26). The minimum atomic E-state index is -3.05. The summed E-state index contributed by atoms with van der Waals surface area (Å²) in [5, 5.41) is 2.48. The van der Waals surface area contributed by atoms with Crippen LogP contribution in [-0.4, -0.2) is 24.6 Å². The monoisotopic (exact) mass is 386 g/mol. The van der Waals surface area contributed by atoms with Crippen LogP contribution >= 0.6 is 0 Å². The van der Waals surface area contributed by atoms with Gasteiger partial charge in [-0.25, -0.2) is 0 Å². The third kappa shape index (κ3) is 4.35. The van der Waals surface area contributed by atoms with Gasteiger partial charge in [0.1, 0.15) is 5.56 Å². The van der Waals surface area contributed by atoms with Crippen molar-refractivity contribution in [3.05, 3.63) is 76.6 Å². The number of H-pyrrole nitrogens is 1. The zero-order valence-corrected chi connectivity index (χ0v) is 14.7. The van der Waals surface area contributed by atoms with E-state index in [1.165, 1.54) is 31.4 Å². The Balaban J connectivity index is 1.82. The Labute approximate surface area is 158 Å². The van der Waals surface area contributed by atoms with Crippen LogP contribution in [0.3, 0.4) is 0 Å². The van der Waals surface area contributed by atoms with E-state index >= 15 is 0 Å². The van der Waals surface area contributed by atoms with E-state index in [2.05, 4.69) is 15.0 Å². The van der Waals surface area contributed by atoms with Crippen molar-refractivity contribution < 1.29 is 23.0 Å². The molecule has 1 heterocycles. The highest BCUT2D eigenvalue weighted by atomic mass is 19.3. The Kier molecular flexibility index (Phi) is 5.69. The second-order valence-corrected chi connectivity index (χ2v) is 5.68. The number of benzene rings is 2. The molecule has 0 saturated carbocycles. The molecule has 0 atom stereocenters. The van der Waals surface area contributed by atoms with Gasteiger partial charge in [-0.15, -0.1) is 0 Å². The zero-order chi connectivity index (χ0) is 20.1. The van der Waals surface area contributed by atoms with Gasteiger partial charge in [0.15, 0.2) is 11.5 Å². The van der Waals surface area contributed by atoms with Gasteiger partial charge in [0, 0.05) is 17.4 Å². The van der Waals surface area contributed by atoms with Crippen LogP contribution in [0.2, 0.25) is 0 Å². The van der Waals surface area contributed by atoms with Crippen molar-refractivity contribution in [2.75, 3.05) is 12.4 Å². The van der Waals surface area contributed by atoms with Crippen molar-refractivity contribution >= 4 is 11.6 Å². The molecule has 0 aliphatic rings. The Morgan fingerprint density at radius 1 is 1.04 bits per heavy atom. The number of pyridine rings is 1. The van der Waals surface area contributed by atoms with Crippen LogP contribution in [0.4, 0.5) is 14.5 Å². The molecule has 0 bridgehead atoms. The van der Waals surface area contributed by atoms with Gasteiger partial charge < -0.3 is 19.8 Å². The van der Waals surface area contributed by atoms with Crippen LogP contribution in [0.1, 0.15) is 10.4 Å². The number of aromatic amines is 1. The highest BCUT2D eigenvalue weighted by Gasteiger charge is 2.15. The zero-order valence-electron chi connectivity index (χ0n) is 14.7. The summed E-state index contributed by atoms with van der Waals surface area (Å²) in [6, 6.07) is 16.2. The van der Waals surface area contributed by atoms with Crippen LogP contribution in [0.15, 0.2) is 65.5 Å². The van der Waals surface area contributed by atoms with Gasteiger partial charge in [-0.05, 0) is 29.8 Å². The third-order valence-corrected chi connectivity index (χ3v) is 3.88.